The summed E-state index contributed by atoms with van der Waals surface area (Å²) in [7, 11) is 1.93. The normalized spacial score (nSPS) is 16.9. The Morgan fingerprint density at radius 2 is 1.86 bits per heavy atom. The number of halogens is 1. The number of amides is 1. The maximum Gasteiger partial charge on any atom is 0.258 e. The average Bonchev–Trinajstić information content (AvgIpc) is 3.24. The van der Waals surface area contributed by atoms with Gasteiger partial charge in [0.2, 0.25) is 5.82 Å². The molecule has 6 nitrogen and oxygen atoms in total. The van der Waals surface area contributed by atoms with Gasteiger partial charge in [0.05, 0.1) is 0 Å². The molecule has 3 aromatic rings. The standard InChI is InChI=1S/C21H21FN4O2/c1-23-18-3-2-12-26(13-18)21(27)16-6-4-14(5-7-16)19-24-20(28-25-19)15-8-10-17(22)11-9-15/h4-11,18,23H,2-3,12-13H2,1H3. The second-order valence-electron chi connectivity index (χ2n) is 6.89. The van der Waals surface area contributed by atoms with E-state index in [-0.39, 0.29) is 11.7 Å². The molecule has 1 aromatic heterocycles. The Kier molecular flexibility index (Phi) is 5.16. The maximum atomic E-state index is 13.1. The summed E-state index contributed by atoms with van der Waals surface area (Å²) in [5.41, 5.74) is 2.04. The number of hydrogen-bond donors (Lipinski definition) is 1. The molecule has 1 fully saturated rings. The molecule has 1 saturated heterocycles. The Morgan fingerprint density at radius 1 is 1.14 bits per heavy atom. The van der Waals surface area contributed by atoms with Gasteiger partial charge in [-0.15, -0.1) is 0 Å². The van der Waals surface area contributed by atoms with Crippen LogP contribution in [-0.2, 0) is 0 Å². The zero-order valence-electron chi connectivity index (χ0n) is 15.6. The minimum atomic E-state index is -0.321. The highest BCUT2D eigenvalue weighted by molar-refractivity contribution is 5.94. The van der Waals surface area contributed by atoms with Gasteiger partial charge in [-0.05, 0) is 56.3 Å². The van der Waals surface area contributed by atoms with Crippen molar-refractivity contribution in [1.29, 1.82) is 0 Å². The Morgan fingerprint density at radius 3 is 2.57 bits per heavy atom. The number of hydrogen-bond acceptors (Lipinski definition) is 5. The van der Waals surface area contributed by atoms with Gasteiger partial charge in [-0.3, -0.25) is 4.79 Å². The lowest BCUT2D eigenvalue weighted by atomic mass is 10.0. The van der Waals surface area contributed by atoms with E-state index in [4.69, 9.17) is 4.52 Å². The van der Waals surface area contributed by atoms with Crippen molar-refractivity contribution in [1.82, 2.24) is 20.4 Å². The highest BCUT2D eigenvalue weighted by atomic mass is 19.1. The van der Waals surface area contributed by atoms with E-state index in [9.17, 15) is 9.18 Å². The van der Waals surface area contributed by atoms with Crippen molar-refractivity contribution < 1.29 is 13.7 Å². The molecule has 1 aliphatic rings. The number of nitrogens with one attached hydrogen (secondary N) is 1. The number of piperidine rings is 1. The van der Waals surface area contributed by atoms with Gasteiger partial charge in [0.15, 0.2) is 0 Å². The van der Waals surface area contributed by atoms with Gasteiger partial charge in [0.25, 0.3) is 11.8 Å². The molecule has 144 valence electrons. The first-order chi connectivity index (χ1) is 13.6. The summed E-state index contributed by atoms with van der Waals surface area (Å²) >= 11 is 0. The van der Waals surface area contributed by atoms with E-state index in [1.54, 1.807) is 24.3 Å². The van der Waals surface area contributed by atoms with Crippen LogP contribution in [0.15, 0.2) is 53.1 Å². The van der Waals surface area contributed by atoms with Crippen molar-refractivity contribution in [3.8, 4) is 22.8 Å². The number of aromatic nitrogens is 2. The topological polar surface area (TPSA) is 71.3 Å². The van der Waals surface area contributed by atoms with Crippen molar-refractivity contribution in [2.24, 2.45) is 0 Å². The van der Waals surface area contributed by atoms with Crippen LogP contribution in [-0.4, -0.2) is 47.1 Å². The molecule has 1 atom stereocenters. The molecule has 0 aliphatic carbocycles. The van der Waals surface area contributed by atoms with Crippen LogP contribution >= 0.6 is 0 Å². The predicted molar refractivity (Wildman–Crippen MR) is 103 cm³/mol. The minimum absolute atomic E-state index is 0.0339. The zero-order chi connectivity index (χ0) is 19.5. The summed E-state index contributed by atoms with van der Waals surface area (Å²) in [6.07, 6.45) is 2.10. The van der Waals surface area contributed by atoms with Crippen molar-refractivity contribution in [3.05, 3.63) is 59.9 Å². The van der Waals surface area contributed by atoms with Crippen LogP contribution < -0.4 is 5.32 Å². The van der Waals surface area contributed by atoms with Gasteiger partial charge in [-0.2, -0.15) is 4.98 Å². The number of rotatable bonds is 4. The first-order valence-electron chi connectivity index (χ1n) is 9.30. The molecule has 1 N–H and O–H groups in total. The molecule has 1 unspecified atom stereocenters. The van der Waals surface area contributed by atoms with Crippen LogP contribution in [0.2, 0.25) is 0 Å². The van der Waals surface area contributed by atoms with Crippen LogP contribution in [0.25, 0.3) is 22.8 Å². The van der Waals surface area contributed by atoms with Crippen molar-refractivity contribution in [3.63, 3.8) is 0 Å². The third-order valence-electron chi connectivity index (χ3n) is 5.02. The Balaban J connectivity index is 1.49. The second kappa shape index (κ2) is 7.90. The Bertz CT molecular complexity index is 953. The van der Waals surface area contributed by atoms with Gasteiger partial charge in [0, 0.05) is 35.8 Å². The third-order valence-corrected chi connectivity index (χ3v) is 5.02. The molecule has 0 radical (unpaired) electrons. The summed E-state index contributed by atoms with van der Waals surface area (Å²) in [4.78, 5) is 19.0. The molecule has 0 bridgehead atoms. The summed E-state index contributed by atoms with van der Waals surface area (Å²) in [6.45, 7) is 1.51. The van der Waals surface area contributed by atoms with Crippen LogP contribution in [0.3, 0.4) is 0 Å². The van der Waals surface area contributed by atoms with E-state index >= 15 is 0 Å². The van der Waals surface area contributed by atoms with Crippen LogP contribution in [0.5, 0.6) is 0 Å². The predicted octanol–water partition coefficient (Wildman–Crippen LogP) is 3.37. The number of benzene rings is 2. The molecular weight excluding hydrogens is 359 g/mol. The number of nitrogens with zero attached hydrogens (tertiary/aromatic N) is 3. The van der Waals surface area contributed by atoms with Gasteiger partial charge in [0.1, 0.15) is 5.82 Å². The van der Waals surface area contributed by atoms with Crippen molar-refractivity contribution in [2.75, 3.05) is 20.1 Å². The highest BCUT2D eigenvalue weighted by Crippen LogP contribution is 2.23. The molecule has 0 saturated carbocycles. The lowest BCUT2D eigenvalue weighted by Gasteiger charge is -2.32. The number of carbonyl (C=O) groups excluding carboxylic acids is 1. The van der Waals surface area contributed by atoms with E-state index in [0.717, 1.165) is 31.5 Å². The smallest absolute Gasteiger partial charge is 0.258 e. The fourth-order valence-electron chi connectivity index (χ4n) is 3.39. The number of likely N-dealkylation sites (N-methyl/N-ethyl adjacent to an activating group) is 1. The average molecular weight is 380 g/mol. The fourth-order valence-corrected chi connectivity index (χ4v) is 3.39. The summed E-state index contributed by atoms with van der Waals surface area (Å²) in [5, 5.41) is 7.24. The largest absolute Gasteiger partial charge is 0.337 e. The summed E-state index contributed by atoms with van der Waals surface area (Å²) in [6, 6.07) is 13.4. The lowest BCUT2D eigenvalue weighted by Crippen LogP contribution is -2.46. The molecule has 1 aliphatic heterocycles. The molecule has 2 heterocycles. The number of likely N-dealkylation sites (tertiary alicyclic amines) is 1. The van der Waals surface area contributed by atoms with E-state index in [1.807, 2.05) is 24.1 Å². The van der Waals surface area contributed by atoms with Gasteiger partial charge >= 0.3 is 0 Å². The first-order valence-corrected chi connectivity index (χ1v) is 9.30. The maximum absolute atomic E-state index is 13.1. The molecule has 7 heteroatoms. The molecule has 1 amide bonds. The van der Waals surface area contributed by atoms with E-state index in [1.165, 1.54) is 12.1 Å². The molecule has 4 rings (SSSR count). The first kappa shape index (κ1) is 18.3. The quantitative estimate of drug-likeness (QED) is 0.751. The van der Waals surface area contributed by atoms with E-state index < -0.39 is 0 Å². The van der Waals surface area contributed by atoms with E-state index in [0.29, 0.717) is 28.9 Å². The third kappa shape index (κ3) is 3.80. The van der Waals surface area contributed by atoms with Crippen LogP contribution in [0.4, 0.5) is 4.39 Å². The molecular formula is C21H21FN4O2. The fraction of sp³-hybridized carbons (Fsp3) is 0.286. The van der Waals surface area contributed by atoms with Gasteiger partial charge < -0.3 is 14.7 Å². The second-order valence-corrected chi connectivity index (χ2v) is 6.89. The van der Waals surface area contributed by atoms with Crippen molar-refractivity contribution >= 4 is 5.91 Å². The van der Waals surface area contributed by atoms with Crippen LogP contribution in [0, 0.1) is 5.82 Å². The van der Waals surface area contributed by atoms with Gasteiger partial charge in [-0.1, -0.05) is 17.3 Å². The summed E-state index contributed by atoms with van der Waals surface area (Å²) in [5.74, 6) is 0.457. The SMILES string of the molecule is CNC1CCCN(C(=O)c2ccc(-c3noc(-c4ccc(F)cc4)n3)cc2)C1. The zero-order valence-corrected chi connectivity index (χ0v) is 15.6. The highest BCUT2D eigenvalue weighted by Gasteiger charge is 2.23. The molecule has 0 spiro atoms. The Hall–Kier alpha value is -3.06. The minimum Gasteiger partial charge on any atom is -0.337 e. The lowest BCUT2D eigenvalue weighted by molar-refractivity contribution is 0.0698. The monoisotopic (exact) mass is 380 g/mol. The molecule has 28 heavy (non-hydrogen) atoms. The Labute approximate surface area is 162 Å². The molecule has 2 aromatic carbocycles. The van der Waals surface area contributed by atoms with Crippen molar-refractivity contribution in [2.45, 2.75) is 18.9 Å². The summed E-state index contributed by atoms with van der Waals surface area (Å²) < 4.78 is 18.3. The number of carbonyl (C=O) groups is 1. The van der Waals surface area contributed by atoms with E-state index in [2.05, 4.69) is 15.5 Å². The van der Waals surface area contributed by atoms with Gasteiger partial charge in [-0.25, -0.2) is 4.39 Å². The van der Waals surface area contributed by atoms with Crippen LogP contribution in [0.1, 0.15) is 23.2 Å².